The lowest BCUT2D eigenvalue weighted by Gasteiger charge is -2.05. The number of hydrogen-bond acceptors (Lipinski definition) is 4. The molecule has 0 unspecified atom stereocenters. The molecule has 2 aromatic heterocycles. The van der Waals surface area contributed by atoms with Crippen LogP contribution in [0.2, 0.25) is 5.15 Å². The number of aromatic nitrogens is 3. The van der Waals surface area contributed by atoms with E-state index in [9.17, 15) is 4.79 Å². The smallest absolute Gasteiger partial charge is 0.275 e. The average molecular weight is 285 g/mol. The van der Waals surface area contributed by atoms with Crippen molar-refractivity contribution >= 4 is 34.1 Å². The Hall–Kier alpha value is -2.53. The summed E-state index contributed by atoms with van der Waals surface area (Å²) in [4.78, 5) is 24.0. The molecule has 2 heterocycles. The second-order valence-corrected chi connectivity index (χ2v) is 4.48. The summed E-state index contributed by atoms with van der Waals surface area (Å²) in [5.74, 6) is -0.355. The van der Waals surface area contributed by atoms with Crippen LogP contribution in [0.15, 0.2) is 48.9 Å². The van der Waals surface area contributed by atoms with Crippen molar-refractivity contribution in [2.24, 2.45) is 0 Å². The molecule has 0 fully saturated rings. The first-order chi connectivity index (χ1) is 9.72. The van der Waals surface area contributed by atoms with Crippen LogP contribution < -0.4 is 5.32 Å². The van der Waals surface area contributed by atoms with Crippen LogP contribution in [0.1, 0.15) is 10.5 Å². The fourth-order valence-corrected chi connectivity index (χ4v) is 1.86. The molecule has 1 aromatic carbocycles. The number of amides is 1. The third-order valence-corrected chi connectivity index (χ3v) is 2.90. The number of anilines is 1. The first-order valence-corrected chi connectivity index (χ1v) is 6.24. The molecule has 98 valence electrons. The minimum Gasteiger partial charge on any atom is -0.319 e. The van der Waals surface area contributed by atoms with Crippen LogP contribution in [-0.2, 0) is 0 Å². The Bertz CT molecular complexity index is 773. The standard InChI is InChI=1S/C14H9ClN4O/c15-13-8-17-12(7-18-13)14(20)19-10-5-9-3-1-2-4-11(9)16-6-10/h1-8H,(H,19,20). The summed E-state index contributed by atoms with van der Waals surface area (Å²) in [6, 6.07) is 9.52. The maximum Gasteiger partial charge on any atom is 0.275 e. The van der Waals surface area contributed by atoms with Crippen LogP contribution in [0.4, 0.5) is 5.69 Å². The van der Waals surface area contributed by atoms with E-state index in [2.05, 4.69) is 20.3 Å². The summed E-state index contributed by atoms with van der Waals surface area (Å²) >= 11 is 5.63. The number of benzene rings is 1. The first kappa shape index (κ1) is 12.5. The molecule has 0 aliphatic carbocycles. The number of nitrogens with one attached hydrogen (secondary N) is 1. The van der Waals surface area contributed by atoms with Gasteiger partial charge in [0, 0.05) is 5.39 Å². The van der Waals surface area contributed by atoms with Gasteiger partial charge in [0.15, 0.2) is 0 Å². The summed E-state index contributed by atoms with van der Waals surface area (Å²) in [6.07, 6.45) is 4.25. The Kier molecular flexibility index (Phi) is 3.26. The molecule has 20 heavy (non-hydrogen) atoms. The Morgan fingerprint density at radius 3 is 2.70 bits per heavy atom. The van der Waals surface area contributed by atoms with Gasteiger partial charge in [0.2, 0.25) is 0 Å². The van der Waals surface area contributed by atoms with Crippen LogP contribution in [0.3, 0.4) is 0 Å². The van der Waals surface area contributed by atoms with Gasteiger partial charge < -0.3 is 5.32 Å². The van der Waals surface area contributed by atoms with Gasteiger partial charge in [-0.25, -0.2) is 9.97 Å². The number of hydrogen-bond donors (Lipinski definition) is 1. The molecule has 0 atom stereocenters. The van der Waals surface area contributed by atoms with Gasteiger partial charge in [-0.1, -0.05) is 29.8 Å². The third kappa shape index (κ3) is 2.57. The van der Waals surface area contributed by atoms with E-state index in [1.165, 1.54) is 12.4 Å². The minimum atomic E-state index is -0.355. The number of halogens is 1. The largest absolute Gasteiger partial charge is 0.319 e. The number of carbonyl (C=O) groups is 1. The van der Waals surface area contributed by atoms with Crippen molar-refractivity contribution in [2.75, 3.05) is 5.32 Å². The van der Waals surface area contributed by atoms with Gasteiger partial charge in [0.05, 0.1) is 29.8 Å². The highest BCUT2D eigenvalue weighted by molar-refractivity contribution is 6.29. The summed E-state index contributed by atoms with van der Waals surface area (Å²) in [7, 11) is 0. The van der Waals surface area contributed by atoms with Gasteiger partial charge in [-0.3, -0.25) is 9.78 Å². The zero-order chi connectivity index (χ0) is 13.9. The van der Waals surface area contributed by atoms with Crippen molar-refractivity contribution in [3.8, 4) is 0 Å². The zero-order valence-corrected chi connectivity index (χ0v) is 11.0. The number of para-hydroxylation sites is 1. The molecule has 1 N–H and O–H groups in total. The predicted octanol–water partition coefficient (Wildman–Crippen LogP) is 2.93. The molecule has 0 radical (unpaired) electrons. The fraction of sp³-hybridized carbons (Fsp3) is 0. The fourth-order valence-electron chi connectivity index (χ4n) is 1.76. The van der Waals surface area contributed by atoms with Crippen molar-refractivity contribution < 1.29 is 4.79 Å². The molecular formula is C14H9ClN4O. The van der Waals surface area contributed by atoms with Gasteiger partial charge in [0.1, 0.15) is 10.8 Å². The Labute approximate surface area is 119 Å². The number of nitrogens with zero attached hydrogens (tertiary/aromatic N) is 3. The summed E-state index contributed by atoms with van der Waals surface area (Å²) in [5.41, 5.74) is 1.67. The molecule has 0 saturated carbocycles. The van der Waals surface area contributed by atoms with E-state index < -0.39 is 0 Å². The Morgan fingerprint density at radius 1 is 1.05 bits per heavy atom. The second-order valence-electron chi connectivity index (χ2n) is 4.10. The molecule has 0 spiro atoms. The third-order valence-electron chi connectivity index (χ3n) is 2.70. The van der Waals surface area contributed by atoms with E-state index in [-0.39, 0.29) is 16.8 Å². The van der Waals surface area contributed by atoms with Gasteiger partial charge in [-0.2, -0.15) is 0 Å². The van der Waals surface area contributed by atoms with Gasteiger partial charge in [-0.15, -0.1) is 0 Å². The Balaban J connectivity index is 1.85. The highest BCUT2D eigenvalue weighted by Gasteiger charge is 2.08. The highest BCUT2D eigenvalue weighted by atomic mass is 35.5. The number of pyridine rings is 1. The second kappa shape index (κ2) is 5.22. The van der Waals surface area contributed by atoms with E-state index in [0.29, 0.717) is 5.69 Å². The molecule has 1 amide bonds. The van der Waals surface area contributed by atoms with Crippen molar-refractivity contribution in [1.29, 1.82) is 0 Å². The topological polar surface area (TPSA) is 67.8 Å². The average Bonchev–Trinajstić information content (AvgIpc) is 2.48. The lowest BCUT2D eigenvalue weighted by Crippen LogP contribution is -2.14. The van der Waals surface area contributed by atoms with Crippen LogP contribution in [0.5, 0.6) is 0 Å². The molecule has 3 rings (SSSR count). The van der Waals surface area contributed by atoms with Gasteiger partial charge in [-0.05, 0) is 12.1 Å². The molecule has 5 nitrogen and oxygen atoms in total. The lowest BCUT2D eigenvalue weighted by molar-refractivity contribution is 0.102. The lowest BCUT2D eigenvalue weighted by atomic mass is 10.2. The molecule has 0 aliphatic heterocycles. The SMILES string of the molecule is O=C(Nc1cnc2ccccc2c1)c1cnc(Cl)cn1. The van der Waals surface area contributed by atoms with Crippen molar-refractivity contribution in [1.82, 2.24) is 15.0 Å². The van der Waals surface area contributed by atoms with Gasteiger partial charge in [0.25, 0.3) is 5.91 Å². The van der Waals surface area contributed by atoms with E-state index in [4.69, 9.17) is 11.6 Å². The van der Waals surface area contributed by atoms with Crippen molar-refractivity contribution in [3.05, 3.63) is 59.8 Å². The number of rotatable bonds is 2. The minimum absolute atomic E-state index is 0.197. The molecule has 0 aliphatic rings. The maximum atomic E-state index is 12.0. The highest BCUT2D eigenvalue weighted by Crippen LogP contribution is 2.16. The molecule has 0 saturated heterocycles. The zero-order valence-electron chi connectivity index (χ0n) is 10.2. The van der Waals surface area contributed by atoms with E-state index in [1.807, 2.05) is 30.3 Å². The van der Waals surface area contributed by atoms with Crippen LogP contribution in [-0.4, -0.2) is 20.9 Å². The van der Waals surface area contributed by atoms with Crippen molar-refractivity contribution in [2.45, 2.75) is 0 Å². The molecule has 3 aromatic rings. The number of carbonyl (C=O) groups excluding carboxylic acids is 1. The summed E-state index contributed by atoms with van der Waals surface area (Å²) in [5, 5.41) is 3.92. The molecule has 0 bridgehead atoms. The molecule has 6 heteroatoms. The number of fused-ring (bicyclic) bond motifs is 1. The van der Waals surface area contributed by atoms with Gasteiger partial charge >= 0.3 is 0 Å². The van der Waals surface area contributed by atoms with Crippen LogP contribution >= 0.6 is 11.6 Å². The molecular weight excluding hydrogens is 276 g/mol. The quantitative estimate of drug-likeness (QED) is 0.785. The van der Waals surface area contributed by atoms with E-state index >= 15 is 0 Å². The summed E-state index contributed by atoms with van der Waals surface area (Å²) < 4.78 is 0. The normalized spacial score (nSPS) is 10.4. The Morgan fingerprint density at radius 2 is 1.90 bits per heavy atom. The first-order valence-electron chi connectivity index (χ1n) is 5.86. The van der Waals surface area contributed by atoms with E-state index in [1.54, 1.807) is 6.20 Å². The monoisotopic (exact) mass is 284 g/mol. The predicted molar refractivity (Wildman–Crippen MR) is 76.7 cm³/mol. The van der Waals surface area contributed by atoms with Crippen molar-refractivity contribution in [3.63, 3.8) is 0 Å². The summed E-state index contributed by atoms with van der Waals surface area (Å²) in [6.45, 7) is 0. The van der Waals surface area contributed by atoms with E-state index in [0.717, 1.165) is 10.9 Å². The van der Waals surface area contributed by atoms with Crippen LogP contribution in [0, 0.1) is 0 Å². The van der Waals surface area contributed by atoms with Crippen LogP contribution in [0.25, 0.3) is 10.9 Å². The maximum absolute atomic E-state index is 12.0.